The number of anilines is 1. The molecular weight excluding hydrogens is 318 g/mol. The SMILES string of the molecule is N/C(=N/O)c1cc(Br)ccc1N1Cc2ccccc2C1. The van der Waals surface area contributed by atoms with Gasteiger partial charge in [0.05, 0.1) is 0 Å². The Morgan fingerprint density at radius 2 is 1.80 bits per heavy atom. The molecule has 2 aromatic carbocycles. The lowest BCUT2D eigenvalue weighted by atomic mass is 10.1. The Labute approximate surface area is 125 Å². The number of halogens is 1. The second-order valence-corrected chi connectivity index (χ2v) is 5.69. The highest BCUT2D eigenvalue weighted by atomic mass is 79.9. The van der Waals surface area contributed by atoms with Crippen LogP contribution >= 0.6 is 15.9 Å². The minimum Gasteiger partial charge on any atom is -0.409 e. The summed E-state index contributed by atoms with van der Waals surface area (Å²) in [4.78, 5) is 2.23. The van der Waals surface area contributed by atoms with Gasteiger partial charge in [-0.1, -0.05) is 45.4 Å². The highest BCUT2D eigenvalue weighted by Crippen LogP contribution is 2.32. The lowest BCUT2D eigenvalue weighted by Gasteiger charge is -2.21. The van der Waals surface area contributed by atoms with E-state index in [0.29, 0.717) is 0 Å². The molecule has 0 aromatic heterocycles. The Balaban J connectivity index is 2.01. The van der Waals surface area contributed by atoms with Crippen LogP contribution < -0.4 is 10.6 Å². The van der Waals surface area contributed by atoms with Crippen molar-refractivity contribution in [2.24, 2.45) is 10.9 Å². The van der Waals surface area contributed by atoms with E-state index in [1.54, 1.807) is 0 Å². The maximum atomic E-state index is 8.95. The van der Waals surface area contributed by atoms with E-state index in [4.69, 9.17) is 10.9 Å². The van der Waals surface area contributed by atoms with Crippen LogP contribution in [0.1, 0.15) is 16.7 Å². The summed E-state index contributed by atoms with van der Waals surface area (Å²) in [5.41, 5.74) is 10.1. The first-order chi connectivity index (χ1) is 9.69. The van der Waals surface area contributed by atoms with Crippen molar-refractivity contribution in [3.05, 3.63) is 63.6 Å². The second-order valence-electron chi connectivity index (χ2n) is 4.77. The van der Waals surface area contributed by atoms with E-state index in [1.165, 1.54) is 11.1 Å². The third kappa shape index (κ3) is 2.25. The topological polar surface area (TPSA) is 61.9 Å². The molecule has 2 aromatic rings. The van der Waals surface area contributed by atoms with E-state index in [1.807, 2.05) is 30.3 Å². The zero-order chi connectivity index (χ0) is 14.1. The molecule has 1 heterocycles. The molecule has 0 spiro atoms. The van der Waals surface area contributed by atoms with E-state index in [2.05, 4.69) is 38.1 Å². The summed E-state index contributed by atoms with van der Waals surface area (Å²) in [6.45, 7) is 1.67. The summed E-state index contributed by atoms with van der Waals surface area (Å²) in [5.74, 6) is 0.122. The number of nitrogens with zero attached hydrogens (tertiary/aromatic N) is 2. The third-order valence-corrected chi connectivity index (χ3v) is 4.02. The first kappa shape index (κ1) is 13.0. The number of rotatable bonds is 2. The summed E-state index contributed by atoms with van der Waals surface area (Å²) < 4.78 is 0.902. The number of benzene rings is 2. The van der Waals surface area contributed by atoms with Gasteiger partial charge in [0.15, 0.2) is 5.84 Å². The number of fused-ring (bicyclic) bond motifs is 1. The van der Waals surface area contributed by atoms with Crippen molar-refractivity contribution in [1.29, 1.82) is 0 Å². The number of amidine groups is 1. The van der Waals surface area contributed by atoms with Gasteiger partial charge >= 0.3 is 0 Å². The van der Waals surface area contributed by atoms with E-state index in [-0.39, 0.29) is 5.84 Å². The van der Waals surface area contributed by atoms with E-state index in [9.17, 15) is 0 Å². The lowest BCUT2D eigenvalue weighted by molar-refractivity contribution is 0.318. The Hall–Kier alpha value is -2.01. The van der Waals surface area contributed by atoms with Crippen LogP contribution in [-0.4, -0.2) is 11.0 Å². The van der Waals surface area contributed by atoms with Crippen molar-refractivity contribution in [3.63, 3.8) is 0 Å². The first-order valence-electron chi connectivity index (χ1n) is 6.28. The maximum Gasteiger partial charge on any atom is 0.172 e. The number of hydrogen-bond donors (Lipinski definition) is 2. The molecule has 102 valence electrons. The summed E-state index contributed by atoms with van der Waals surface area (Å²) in [7, 11) is 0. The molecule has 0 unspecified atom stereocenters. The van der Waals surface area contributed by atoms with Crippen molar-refractivity contribution < 1.29 is 5.21 Å². The summed E-state index contributed by atoms with van der Waals surface area (Å²) in [5, 5.41) is 12.1. The quantitative estimate of drug-likeness (QED) is 0.385. The molecule has 0 saturated carbocycles. The first-order valence-corrected chi connectivity index (χ1v) is 7.07. The second kappa shape index (κ2) is 5.17. The molecule has 20 heavy (non-hydrogen) atoms. The molecule has 0 saturated heterocycles. The van der Waals surface area contributed by atoms with Crippen LogP contribution in [0.4, 0.5) is 5.69 Å². The van der Waals surface area contributed by atoms with Crippen molar-refractivity contribution in [2.75, 3.05) is 4.90 Å². The Morgan fingerprint density at radius 3 is 2.40 bits per heavy atom. The molecule has 1 aliphatic heterocycles. The minimum absolute atomic E-state index is 0.122. The van der Waals surface area contributed by atoms with Gasteiger partial charge in [-0.25, -0.2) is 0 Å². The summed E-state index contributed by atoms with van der Waals surface area (Å²) in [6.07, 6.45) is 0. The Kier molecular flexibility index (Phi) is 3.36. The molecule has 0 amide bonds. The van der Waals surface area contributed by atoms with Crippen molar-refractivity contribution in [1.82, 2.24) is 0 Å². The van der Waals surface area contributed by atoms with Crippen LogP contribution in [-0.2, 0) is 13.1 Å². The molecule has 0 radical (unpaired) electrons. The van der Waals surface area contributed by atoms with Gasteiger partial charge < -0.3 is 15.8 Å². The Morgan fingerprint density at radius 1 is 1.15 bits per heavy atom. The van der Waals surface area contributed by atoms with Gasteiger partial charge in [0.1, 0.15) is 0 Å². The van der Waals surface area contributed by atoms with Gasteiger partial charge in [0.25, 0.3) is 0 Å². The number of oxime groups is 1. The van der Waals surface area contributed by atoms with E-state index in [0.717, 1.165) is 28.8 Å². The maximum absolute atomic E-state index is 8.95. The normalized spacial score (nSPS) is 14.4. The van der Waals surface area contributed by atoms with Crippen molar-refractivity contribution >= 4 is 27.5 Å². The van der Waals surface area contributed by atoms with Crippen LogP contribution in [0.5, 0.6) is 0 Å². The van der Waals surface area contributed by atoms with Crippen LogP contribution in [0.3, 0.4) is 0 Å². The van der Waals surface area contributed by atoms with Gasteiger partial charge in [-0.05, 0) is 29.3 Å². The summed E-state index contributed by atoms with van der Waals surface area (Å²) >= 11 is 3.42. The van der Waals surface area contributed by atoms with E-state index >= 15 is 0 Å². The zero-order valence-corrected chi connectivity index (χ0v) is 12.3. The average molecular weight is 332 g/mol. The van der Waals surface area contributed by atoms with Gasteiger partial charge in [0, 0.05) is 28.8 Å². The molecule has 0 fully saturated rings. The van der Waals surface area contributed by atoms with Crippen molar-refractivity contribution in [2.45, 2.75) is 13.1 Å². The molecule has 0 bridgehead atoms. The van der Waals surface area contributed by atoms with Crippen LogP contribution in [0.25, 0.3) is 0 Å². The predicted molar refractivity (Wildman–Crippen MR) is 83.0 cm³/mol. The lowest BCUT2D eigenvalue weighted by Crippen LogP contribution is -2.21. The van der Waals surface area contributed by atoms with Gasteiger partial charge in [-0.3, -0.25) is 0 Å². The monoisotopic (exact) mass is 331 g/mol. The predicted octanol–water partition coefficient (Wildman–Crippen LogP) is 3.06. The number of nitrogens with two attached hydrogens (primary N) is 1. The van der Waals surface area contributed by atoms with Gasteiger partial charge in [-0.15, -0.1) is 0 Å². The smallest absolute Gasteiger partial charge is 0.172 e. The van der Waals surface area contributed by atoms with E-state index < -0.39 is 0 Å². The molecular formula is C15H14BrN3O. The average Bonchev–Trinajstić information content (AvgIpc) is 2.90. The minimum atomic E-state index is 0.122. The zero-order valence-electron chi connectivity index (χ0n) is 10.8. The molecule has 0 aliphatic carbocycles. The molecule has 5 heteroatoms. The highest BCUT2D eigenvalue weighted by Gasteiger charge is 2.21. The molecule has 4 nitrogen and oxygen atoms in total. The largest absolute Gasteiger partial charge is 0.409 e. The van der Waals surface area contributed by atoms with Gasteiger partial charge in [0.2, 0.25) is 0 Å². The van der Waals surface area contributed by atoms with Crippen molar-refractivity contribution in [3.8, 4) is 0 Å². The fourth-order valence-corrected chi connectivity index (χ4v) is 2.91. The third-order valence-electron chi connectivity index (χ3n) is 3.52. The highest BCUT2D eigenvalue weighted by molar-refractivity contribution is 9.10. The van der Waals surface area contributed by atoms with Crippen LogP contribution in [0, 0.1) is 0 Å². The fourth-order valence-electron chi connectivity index (χ4n) is 2.55. The van der Waals surface area contributed by atoms with Crippen LogP contribution in [0.15, 0.2) is 52.1 Å². The molecule has 1 aliphatic rings. The Bertz CT molecular complexity index is 660. The standard InChI is InChI=1S/C15H14BrN3O/c16-12-5-6-14(13(7-12)15(17)18-20)19-8-10-3-1-2-4-11(10)9-19/h1-7,20H,8-9H2,(H2,17,18). The van der Waals surface area contributed by atoms with Crippen LogP contribution in [0.2, 0.25) is 0 Å². The summed E-state index contributed by atoms with van der Waals surface area (Å²) in [6, 6.07) is 14.2. The molecule has 0 atom stereocenters. The number of hydrogen-bond acceptors (Lipinski definition) is 3. The fraction of sp³-hybridized carbons (Fsp3) is 0.133. The van der Waals surface area contributed by atoms with Gasteiger partial charge in [-0.2, -0.15) is 0 Å². The molecule has 3 N–H and O–H groups in total. The molecule has 3 rings (SSSR count).